The Labute approximate surface area is 223 Å². The van der Waals surface area contributed by atoms with E-state index >= 15 is 0 Å². The molecule has 0 radical (unpaired) electrons. The van der Waals surface area contributed by atoms with Gasteiger partial charge in [0.2, 0.25) is 5.91 Å². The number of rotatable bonds is 10. The Morgan fingerprint density at radius 2 is 2.03 bits per heavy atom. The molecule has 7 atom stereocenters. The number of amides is 1. The Balaban J connectivity index is 1.40. The summed E-state index contributed by atoms with van der Waals surface area (Å²) in [5.41, 5.74) is 0.596. The Bertz CT molecular complexity index is 1150. The van der Waals surface area contributed by atoms with Crippen LogP contribution in [0.15, 0.2) is 47.4 Å². The van der Waals surface area contributed by atoms with Gasteiger partial charge < -0.3 is 28.6 Å². The van der Waals surface area contributed by atoms with Crippen LogP contribution in [0.25, 0.3) is 0 Å². The molecule has 12 heteroatoms. The Hall–Kier alpha value is -2.24. The third kappa shape index (κ3) is 5.70. The van der Waals surface area contributed by atoms with Gasteiger partial charge in [0.25, 0.3) is 8.53 Å². The Morgan fingerprint density at radius 3 is 2.74 bits per heavy atom. The van der Waals surface area contributed by atoms with E-state index in [-0.39, 0.29) is 30.0 Å². The van der Waals surface area contributed by atoms with Gasteiger partial charge in [0, 0.05) is 32.8 Å². The first-order chi connectivity index (χ1) is 18.5. The summed E-state index contributed by atoms with van der Waals surface area (Å²) in [4.78, 5) is 28.4. The molecule has 0 bridgehead atoms. The van der Waals surface area contributed by atoms with Gasteiger partial charge in [-0.25, -0.2) is 9.46 Å². The number of carbonyl (C=O) groups excluding carboxylic acids is 1. The molecule has 1 N–H and O–H groups in total. The molecule has 1 aromatic carbocycles. The third-order valence-electron chi connectivity index (χ3n) is 7.07. The molecule has 3 aliphatic rings. The maximum Gasteiger partial charge on any atom is 0.351 e. The number of ether oxygens (including phenoxy) is 3. The monoisotopic (exact) mass is 546 g/mol. The lowest BCUT2D eigenvalue weighted by Gasteiger charge is -2.29. The molecule has 4 heterocycles. The van der Waals surface area contributed by atoms with Gasteiger partial charge in [0.15, 0.2) is 6.23 Å². The summed E-state index contributed by atoms with van der Waals surface area (Å²) >= 11 is 0. The fraction of sp³-hybridized carbons (Fsp3) is 0.577. The van der Waals surface area contributed by atoms with E-state index in [4.69, 9.17) is 23.3 Å². The lowest BCUT2D eigenvalue weighted by atomic mass is 10.0. The van der Waals surface area contributed by atoms with E-state index < -0.39 is 32.7 Å². The number of hydrogen-bond acceptors (Lipinski definition) is 9. The number of hydrogen-bond donors (Lipinski definition) is 1. The predicted molar refractivity (Wildman–Crippen MR) is 140 cm³/mol. The zero-order valence-corrected chi connectivity index (χ0v) is 22.8. The van der Waals surface area contributed by atoms with Crippen LogP contribution < -0.4 is 11.0 Å². The van der Waals surface area contributed by atoms with Crippen LogP contribution in [0.2, 0.25) is 0 Å². The van der Waals surface area contributed by atoms with Crippen LogP contribution in [0, 0.1) is 0 Å². The van der Waals surface area contributed by atoms with E-state index in [1.807, 2.05) is 25.1 Å². The number of methoxy groups -OCH3 is 1. The van der Waals surface area contributed by atoms with E-state index in [2.05, 4.69) is 27.1 Å². The van der Waals surface area contributed by atoms with E-state index in [9.17, 15) is 9.59 Å². The minimum Gasteiger partial charge on any atom is -0.382 e. The molecular weight excluding hydrogens is 511 g/mol. The van der Waals surface area contributed by atoms with Gasteiger partial charge >= 0.3 is 5.69 Å². The normalized spacial score (nSPS) is 31.0. The molecule has 1 amide bonds. The molecule has 0 spiro atoms. The molecular formula is C26H35N4O7P. The average molecular weight is 547 g/mol. The van der Waals surface area contributed by atoms with Crippen LogP contribution >= 0.6 is 8.53 Å². The molecule has 5 rings (SSSR count). The largest absolute Gasteiger partial charge is 0.382 e. The summed E-state index contributed by atoms with van der Waals surface area (Å²) in [6.45, 7) is 4.99. The SMILES string of the molecule is CC[C@H]1O[C@@H](n2ccc(NC(C)=O)nc2=O)C(OCCOC)[C@H]1OP1O[C@H](c2ccccc2)[C@@H]2CCCN21. The molecule has 1 aromatic heterocycles. The van der Waals surface area contributed by atoms with Gasteiger partial charge in [0.1, 0.15) is 24.1 Å². The van der Waals surface area contributed by atoms with Crippen LogP contribution in [0.5, 0.6) is 0 Å². The standard InChI is InChI=1S/C26H35N4O7P/c1-4-20-23(37-38-30-13-8-11-19(30)22(36-38)18-9-6-5-7-10-18)24(34-16-15-33-3)25(35-20)29-14-12-21(27-17(2)31)28-26(29)32/h5-7,9-10,12,14,19-20,22-25H,4,8,11,13,15-16H2,1-3H3,(H,27,28,31,32)/t19-,20+,22+,23-,24?,25+,38?/m0/s1. The number of benzene rings is 1. The number of anilines is 1. The lowest BCUT2D eigenvalue weighted by molar-refractivity contribution is -0.114. The first-order valence-electron chi connectivity index (χ1n) is 13.1. The summed E-state index contributed by atoms with van der Waals surface area (Å²) in [7, 11) is 0.252. The predicted octanol–water partition coefficient (Wildman–Crippen LogP) is 3.39. The highest BCUT2D eigenvalue weighted by atomic mass is 31.2. The molecule has 3 fully saturated rings. The molecule has 0 aliphatic carbocycles. The zero-order valence-electron chi connectivity index (χ0n) is 21.9. The highest BCUT2D eigenvalue weighted by molar-refractivity contribution is 7.45. The molecule has 206 valence electrons. The fourth-order valence-electron chi connectivity index (χ4n) is 5.32. The van der Waals surface area contributed by atoms with E-state index in [0.717, 1.165) is 24.9 Å². The second kappa shape index (κ2) is 12.3. The van der Waals surface area contributed by atoms with Crippen molar-refractivity contribution in [2.75, 3.05) is 32.2 Å². The number of nitrogens with one attached hydrogen (secondary N) is 1. The van der Waals surface area contributed by atoms with Gasteiger partial charge in [-0.1, -0.05) is 37.3 Å². The van der Waals surface area contributed by atoms with Crippen molar-refractivity contribution in [3.8, 4) is 0 Å². The topological polar surface area (TPSA) is 113 Å². The van der Waals surface area contributed by atoms with Crippen molar-refractivity contribution in [3.63, 3.8) is 0 Å². The minimum atomic E-state index is -1.36. The molecule has 2 unspecified atom stereocenters. The maximum absolute atomic E-state index is 13.0. The summed E-state index contributed by atoms with van der Waals surface area (Å²) < 4.78 is 34.9. The first-order valence-corrected chi connectivity index (χ1v) is 14.2. The summed E-state index contributed by atoms with van der Waals surface area (Å²) in [6, 6.07) is 12.1. The number of carbonyl (C=O) groups is 1. The second-order valence-electron chi connectivity index (χ2n) is 9.60. The van der Waals surface area contributed by atoms with Crippen LogP contribution in [0.4, 0.5) is 5.82 Å². The highest BCUT2D eigenvalue weighted by Gasteiger charge is 2.53. The molecule has 3 saturated heterocycles. The molecule has 0 saturated carbocycles. The van der Waals surface area contributed by atoms with Crippen molar-refractivity contribution >= 4 is 20.3 Å². The Kier molecular flexibility index (Phi) is 8.84. The number of fused-ring (bicyclic) bond motifs is 1. The van der Waals surface area contributed by atoms with Crippen molar-refractivity contribution in [2.24, 2.45) is 0 Å². The first kappa shape index (κ1) is 27.3. The molecule has 38 heavy (non-hydrogen) atoms. The number of nitrogens with zero attached hydrogens (tertiary/aromatic N) is 3. The number of aromatic nitrogens is 2. The van der Waals surface area contributed by atoms with Crippen LogP contribution in [0.1, 0.15) is 51.0 Å². The van der Waals surface area contributed by atoms with Gasteiger partial charge in [-0.3, -0.25) is 9.36 Å². The fourth-order valence-corrected chi connectivity index (χ4v) is 7.32. The van der Waals surface area contributed by atoms with E-state index in [1.54, 1.807) is 19.4 Å². The van der Waals surface area contributed by atoms with Gasteiger partial charge in [-0.2, -0.15) is 4.98 Å². The highest BCUT2D eigenvalue weighted by Crippen LogP contribution is 2.61. The third-order valence-corrected chi connectivity index (χ3v) is 8.81. The maximum atomic E-state index is 13.0. The van der Waals surface area contributed by atoms with Crippen LogP contribution in [-0.2, 0) is 28.1 Å². The summed E-state index contributed by atoms with van der Waals surface area (Å²) in [5.74, 6) is -0.122. The van der Waals surface area contributed by atoms with Gasteiger partial charge in [-0.15, -0.1) is 0 Å². The zero-order chi connectivity index (χ0) is 26.6. The quantitative estimate of drug-likeness (QED) is 0.354. The van der Waals surface area contributed by atoms with Gasteiger partial charge in [0.05, 0.1) is 19.3 Å². The van der Waals surface area contributed by atoms with E-state index in [1.165, 1.54) is 11.5 Å². The summed E-state index contributed by atoms with van der Waals surface area (Å²) in [5, 5.41) is 2.54. The van der Waals surface area contributed by atoms with Crippen LogP contribution in [0.3, 0.4) is 0 Å². The minimum absolute atomic E-state index is 0.0518. The van der Waals surface area contributed by atoms with Crippen molar-refractivity contribution < 1.29 is 28.1 Å². The van der Waals surface area contributed by atoms with Crippen molar-refractivity contribution in [1.82, 2.24) is 14.2 Å². The van der Waals surface area contributed by atoms with Crippen molar-refractivity contribution in [1.29, 1.82) is 0 Å². The smallest absolute Gasteiger partial charge is 0.351 e. The average Bonchev–Trinajstić information content (AvgIpc) is 3.60. The molecule has 11 nitrogen and oxygen atoms in total. The van der Waals surface area contributed by atoms with Crippen LogP contribution in [-0.4, -0.2) is 71.4 Å². The summed E-state index contributed by atoms with van der Waals surface area (Å²) in [6.07, 6.45) is 2.17. The lowest BCUT2D eigenvalue weighted by Crippen LogP contribution is -2.39. The van der Waals surface area contributed by atoms with Gasteiger partial charge in [-0.05, 0) is 30.9 Å². The van der Waals surface area contributed by atoms with Crippen molar-refractivity contribution in [2.45, 2.75) is 69.8 Å². The molecule has 2 aromatic rings. The van der Waals surface area contributed by atoms with E-state index in [0.29, 0.717) is 19.6 Å². The second-order valence-corrected chi connectivity index (χ2v) is 11.0. The van der Waals surface area contributed by atoms with Crippen molar-refractivity contribution in [3.05, 3.63) is 58.6 Å². The Morgan fingerprint density at radius 1 is 1.21 bits per heavy atom. The molecule has 3 aliphatic heterocycles.